The van der Waals surface area contributed by atoms with Gasteiger partial charge in [-0.25, -0.2) is 4.98 Å². The van der Waals surface area contributed by atoms with Crippen LogP contribution in [-0.4, -0.2) is 29.0 Å². The SMILES string of the molecule is Cc1cnc(N2CCC(N)CC2)c([N+](=O)[O-])c1. The van der Waals surface area contributed by atoms with E-state index in [0.717, 1.165) is 31.5 Å². The molecule has 0 amide bonds. The lowest BCUT2D eigenvalue weighted by atomic mass is 10.1. The summed E-state index contributed by atoms with van der Waals surface area (Å²) in [6, 6.07) is 1.77. The Hall–Kier alpha value is -1.69. The van der Waals surface area contributed by atoms with Crippen LogP contribution in [0.25, 0.3) is 0 Å². The summed E-state index contributed by atoms with van der Waals surface area (Å²) in [4.78, 5) is 16.8. The van der Waals surface area contributed by atoms with Crippen molar-refractivity contribution in [2.24, 2.45) is 5.73 Å². The van der Waals surface area contributed by atoms with Crippen LogP contribution in [0, 0.1) is 17.0 Å². The first-order valence-electron chi connectivity index (χ1n) is 5.69. The predicted octanol–water partition coefficient (Wildman–Crippen LogP) is 1.23. The molecule has 2 heterocycles. The first kappa shape index (κ1) is 11.8. The minimum Gasteiger partial charge on any atom is -0.351 e. The highest BCUT2D eigenvalue weighted by Gasteiger charge is 2.24. The second-order valence-electron chi connectivity index (χ2n) is 4.44. The highest BCUT2D eigenvalue weighted by molar-refractivity contribution is 5.58. The molecular formula is C11H16N4O2. The molecule has 2 N–H and O–H groups in total. The lowest BCUT2D eigenvalue weighted by molar-refractivity contribution is -0.384. The van der Waals surface area contributed by atoms with E-state index in [1.807, 2.05) is 4.90 Å². The predicted molar refractivity (Wildman–Crippen MR) is 65.1 cm³/mol. The number of pyridine rings is 1. The topological polar surface area (TPSA) is 85.3 Å². The van der Waals surface area contributed by atoms with Crippen LogP contribution in [0.1, 0.15) is 18.4 Å². The van der Waals surface area contributed by atoms with Crippen molar-refractivity contribution < 1.29 is 4.92 Å². The van der Waals surface area contributed by atoms with E-state index in [2.05, 4.69) is 4.98 Å². The number of nitrogens with zero attached hydrogens (tertiary/aromatic N) is 3. The second-order valence-corrected chi connectivity index (χ2v) is 4.44. The quantitative estimate of drug-likeness (QED) is 0.616. The summed E-state index contributed by atoms with van der Waals surface area (Å²) in [5.74, 6) is 0.465. The van der Waals surface area contributed by atoms with Gasteiger partial charge in [0, 0.05) is 31.4 Å². The van der Waals surface area contributed by atoms with Gasteiger partial charge in [0.2, 0.25) is 5.82 Å². The van der Waals surface area contributed by atoms with E-state index in [0.29, 0.717) is 5.82 Å². The van der Waals surface area contributed by atoms with Gasteiger partial charge in [-0.15, -0.1) is 0 Å². The standard InChI is InChI=1S/C11H16N4O2/c1-8-6-10(15(16)17)11(13-7-8)14-4-2-9(12)3-5-14/h6-7,9H,2-5,12H2,1H3. The summed E-state index contributed by atoms with van der Waals surface area (Å²) in [6.07, 6.45) is 3.37. The van der Waals surface area contributed by atoms with Crippen LogP contribution in [-0.2, 0) is 0 Å². The Balaban J connectivity index is 2.28. The van der Waals surface area contributed by atoms with Crippen molar-refractivity contribution in [1.29, 1.82) is 0 Å². The van der Waals surface area contributed by atoms with Crippen LogP contribution in [0.15, 0.2) is 12.3 Å². The van der Waals surface area contributed by atoms with Gasteiger partial charge in [0.05, 0.1) is 4.92 Å². The van der Waals surface area contributed by atoms with Crippen molar-refractivity contribution in [1.82, 2.24) is 4.98 Å². The molecule has 6 nitrogen and oxygen atoms in total. The van der Waals surface area contributed by atoms with Gasteiger partial charge in [-0.05, 0) is 25.3 Å². The molecule has 0 unspecified atom stereocenters. The molecule has 1 aromatic rings. The zero-order valence-corrected chi connectivity index (χ0v) is 9.80. The number of nitro groups is 1. The fraction of sp³-hybridized carbons (Fsp3) is 0.545. The first-order chi connectivity index (χ1) is 8.08. The summed E-state index contributed by atoms with van der Waals surface area (Å²) >= 11 is 0. The maximum Gasteiger partial charge on any atom is 0.311 e. The summed E-state index contributed by atoms with van der Waals surface area (Å²) in [7, 11) is 0. The van der Waals surface area contributed by atoms with Crippen LogP contribution in [0.4, 0.5) is 11.5 Å². The monoisotopic (exact) mass is 236 g/mol. The molecule has 1 aromatic heterocycles. The number of piperidine rings is 1. The van der Waals surface area contributed by atoms with Gasteiger partial charge in [-0.1, -0.05) is 0 Å². The Morgan fingerprint density at radius 2 is 2.18 bits per heavy atom. The third-order valence-corrected chi connectivity index (χ3v) is 3.02. The van der Waals surface area contributed by atoms with Crippen molar-refractivity contribution in [2.45, 2.75) is 25.8 Å². The van der Waals surface area contributed by atoms with Crippen molar-refractivity contribution in [2.75, 3.05) is 18.0 Å². The molecule has 0 aliphatic carbocycles. The van der Waals surface area contributed by atoms with Gasteiger partial charge < -0.3 is 10.6 Å². The third-order valence-electron chi connectivity index (χ3n) is 3.02. The number of anilines is 1. The number of hydrogen-bond acceptors (Lipinski definition) is 5. The molecule has 2 rings (SSSR count). The summed E-state index contributed by atoms with van der Waals surface area (Å²) < 4.78 is 0. The number of aromatic nitrogens is 1. The van der Waals surface area contributed by atoms with E-state index in [-0.39, 0.29) is 16.7 Å². The average molecular weight is 236 g/mol. The number of hydrogen-bond donors (Lipinski definition) is 1. The van der Waals surface area contributed by atoms with Gasteiger partial charge in [0.15, 0.2) is 0 Å². The lowest BCUT2D eigenvalue weighted by Gasteiger charge is -2.30. The highest BCUT2D eigenvalue weighted by atomic mass is 16.6. The highest BCUT2D eigenvalue weighted by Crippen LogP contribution is 2.28. The Morgan fingerprint density at radius 3 is 2.76 bits per heavy atom. The largest absolute Gasteiger partial charge is 0.351 e. The van der Waals surface area contributed by atoms with E-state index in [4.69, 9.17) is 5.73 Å². The van der Waals surface area contributed by atoms with Crippen LogP contribution in [0.2, 0.25) is 0 Å². The molecular weight excluding hydrogens is 220 g/mol. The molecule has 1 aliphatic heterocycles. The zero-order chi connectivity index (χ0) is 12.4. The maximum atomic E-state index is 11.0. The molecule has 0 atom stereocenters. The molecule has 1 aliphatic rings. The Labute approximate surface area is 99.6 Å². The molecule has 0 radical (unpaired) electrons. The minimum atomic E-state index is -0.371. The molecule has 17 heavy (non-hydrogen) atoms. The van der Waals surface area contributed by atoms with E-state index >= 15 is 0 Å². The van der Waals surface area contributed by atoms with Gasteiger partial charge in [-0.3, -0.25) is 10.1 Å². The smallest absolute Gasteiger partial charge is 0.311 e. The maximum absolute atomic E-state index is 11.0. The molecule has 6 heteroatoms. The summed E-state index contributed by atoms with van der Waals surface area (Å²) in [5, 5.41) is 11.0. The molecule has 0 saturated carbocycles. The minimum absolute atomic E-state index is 0.0838. The van der Waals surface area contributed by atoms with E-state index in [9.17, 15) is 10.1 Å². The normalized spacial score (nSPS) is 17.2. The first-order valence-corrected chi connectivity index (χ1v) is 5.69. The molecule has 92 valence electrons. The third kappa shape index (κ3) is 2.52. The lowest BCUT2D eigenvalue weighted by Crippen LogP contribution is -2.40. The fourth-order valence-corrected chi connectivity index (χ4v) is 2.04. The number of nitrogens with two attached hydrogens (primary N) is 1. The number of aryl methyl sites for hydroxylation is 1. The van der Waals surface area contributed by atoms with E-state index < -0.39 is 0 Å². The van der Waals surface area contributed by atoms with E-state index in [1.165, 1.54) is 0 Å². The fourth-order valence-electron chi connectivity index (χ4n) is 2.04. The Kier molecular flexibility index (Phi) is 3.23. The van der Waals surface area contributed by atoms with Crippen LogP contribution < -0.4 is 10.6 Å². The summed E-state index contributed by atoms with van der Waals surface area (Å²) in [5.41, 5.74) is 6.70. The van der Waals surface area contributed by atoms with E-state index in [1.54, 1.807) is 19.2 Å². The molecule has 0 aromatic carbocycles. The second kappa shape index (κ2) is 4.67. The van der Waals surface area contributed by atoms with Crippen molar-refractivity contribution in [3.63, 3.8) is 0 Å². The van der Waals surface area contributed by atoms with Gasteiger partial charge in [0.25, 0.3) is 0 Å². The van der Waals surface area contributed by atoms with Crippen LogP contribution >= 0.6 is 0 Å². The van der Waals surface area contributed by atoms with Crippen molar-refractivity contribution in [3.05, 3.63) is 27.9 Å². The van der Waals surface area contributed by atoms with Crippen molar-refractivity contribution >= 4 is 11.5 Å². The van der Waals surface area contributed by atoms with Crippen LogP contribution in [0.3, 0.4) is 0 Å². The molecule has 0 bridgehead atoms. The number of rotatable bonds is 2. The molecule has 1 fully saturated rings. The van der Waals surface area contributed by atoms with Crippen LogP contribution in [0.5, 0.6) is 0 Å². The Bertz CT molecular complexity index is 427. The van der Waals surface area contributed by atoms with Gasteiger partial charge in [-0.2, -0.15) is 0 Å². The van der Waals surface area contributed by atoms with Crippen molar-refractivity contribution in [3.8, 4) is 0 Å². The average Bonchev–Trinajstić information content (AvgIpc) is 2.30. The van der Waals surface area contributed by atoms with Gasteiger partial charge >= 0.3 is 5.69 Å². The zero-order valence-electron chi connectivity index (χ0n) is 9.80. The molecule has 0 spiro atoms. The Morgan fingerprint density at radius 1 is 1.53 bits per heavy atom. The summed E-state index contributed by atoms with van der Waals surface area (Å²) in [6.45, 7) is 3.27. The van der Waals surface area contributed by atoms with Gasteiger partial charge in [0.1, 0.15) is 0 Å². The molecule has 1 saturated heterocycles.